The number of anilines is 3. The maximum absolute atomic E-state index is 12.9. The predicted molar refractivity (Wildman–Crippen MR) is 160 cm³/mol. The smallest absolute Gasteiger partial charge is 0.410 e. The first kappa shape index (κ1) is 29.6. The fraction of sp³-hybridized carbons (Fsp3) is 0.379. The topological polar surface area (TPSA) is 106 Å². The quantitative estimate of drug-likeness (QED) is 0.294. The third-order valence-corrected chi connectivity index (χ3v) is 7.41. The van der Waals surface area contributed by atoms with Crippen molar-refractivity contribution in [3.8, 4) is 5.88 Å². The fourth-order valence-electron chi connectivity index (χ4n) is 4.60. The summed E-state index contributed by atoms with van der Waals surface area (Å²) < 4.78 is 11.6. The minimum Gasteiger partial charge on any atom is -0.480 e. The first-order valence-electron chi connectivity index (χ1n) is 13.0. The second kappa shape index (κ2) is 12.4. The number of amides is 2. The Morgan fingerprint density at radius 2 is 1.98 bits per heavy atom. The number of piperidine rings is 1. The lowest BCUT2D eigenvalue weighted by atomic mass is 9.88. The first-order valence-corrected chi connectivity index (χ1v) is 14.1. The maximum atomic E-state index is 12.9. The number of nitrogens with zero attached hydrogens (tertiary/aromatic N) is 3. The molecule has 2 N–H and O–H groups in total. The van der Waals surface area contributed by atoms with Crippen molar-refractivity contribution < 1.29 is 19.1 Å². The standard InChI is InChI=1S/C29H33BrClN5O4/c1-17-14-19(11-12-20(17)18-8-7-13-36(16-18)28(38)40-29(2,3)4)33-27-32-15-21(26(35-27)39-5)25(37)34-24-22(30)9-6-10-23(24)31/h6,9-12,14-15,18H,7-8,13,16H2,1-5H3,(H,34,37)(H,32,33,35). The second-order valence-corrected chi connectivity index (χ2v) is 11.9. The van der Waals surface area contributed by atoms with E-state index in [9.17, 15) is 9.59 Å². The summed E-state index contributed by atoms with van der Waals surface area (Å²) in [4.78, 5) is 36.0. The number of benzene rings is 2. The molecule has 1 atom stereocenters. The highest BCUT2D eigenvalue weighted by Gasteiger charge is 2.29. The van der Waals surface area contributed by atoms with E-state index < -0.39 is 11.5 Å². The Hall–Kier alpha value is -3.37. The number of rotatable bonds is 6. The zero-order chi connectivity index (χ0) is 29.0. The van der Waals surface area contributed by atoms with Gasteiger partial charge in [-0.15, -0.1) is 0 Å². The highest BCUT2D eigenvalue weighted by molar-refractivity contribution is 9.10. The van der Waals surface area contributed by atoms with Crippen LogP contribution < -0.4 is 15.4 Å². The lowest BCUT2D eigenvalue weighted by Gasteiger charge is -2.35. The molecule has 0 aliphatic carbocycles. The van der Waals surface area contributed by atoms with Gasteiger partial charge in [0.25, 0.3) is 5.91 Å². The van der Waals surface area contributed by atoms with Gasteiger partial charge < -0.3 is 25.0 Å². The Labute approximate surface area is 247 Å². The summed E-state index contributed by atoms with van der Waals surface area (Å²) in [6.45, 7) is 9.01. The summed E-state index contributed by atoms with van der Waals surface area (Å²) in [7, 11) is 1.44. The summed E-state index contributed by atoms with van der Waals surface area (Å²) in [5.74, 6) is 0.178. The van der Waals surface area contributed by atoms with Gasteiger partial charge in [0, 0.05) is 35.4 Å². The van der Waals surface area contributed by atoms with Gasteiger partial charge >= 0.3 is 6.09 Å². The summed E-state index contributed by atoms with van der Waals surface area (Å²) in [6, 6.07) is 11.3. The molecular formula is C29H33BrClN5O4. The number of nitrogens with one attached hydrogen (secondary N) is 2. The molecular weight excluding hydrogens is 598 g/mol. The van der Waals surface area contributed by atoms with Crippen molar-refractivity contribution in [3.63, 3.8) is 0 Å². The van der Waals surface area contributed by atoms with E-state index in [1.807, 2.05) is 32.9 Å². The Bertz CT molecular complexity index is 1390. The van der Waals surface area contributed by atoms with Gasteiger partial charge in [-0.1, -0.05) is 23.7 Å². The Morgan fingerprint density at radius 1 is 1.20 bits per heavy atom. The van der Waals surface area contributed by atoms with Crippen molar-refractivity contribution in [2.45, 2.75) is 52.1 Å². The molecule has 2 heterocycles. The number of methoxy groups -OCH3 is 1. The zero-order valence-corrected chi connectivity index (χ0v) is 25.5. The number of ether oxygens (including phenoxy) is 2. The number of carbonyl (C=O) groups is 2. The average Bonchev–Trinajstić information content (AvgIpc) is 2.90. The molecule has 1 aliphatic heterocycles. The van der Waals surface area contributed by atoms with Gasteiger partial charge in [0.1, 0.15) is 11.2 Å². The van der Waals surface area contributed by atoms with Crippen molar-refractivity contribution in [3.05, 3.63) is 68.8 Å². The predicted octanol–water partition coefficient (Wildman–Crippen LogP) is 7.32. The highest BCUT2D eigenvalue weighted by Crippen LogP contribution is 2.33. The molecule has 9 nitrogen and oxygen atoms in total. The van der Waals surface area contributed by atoms with Crippen molar-refractivity contribution in [1.29, 1.82) is 0 Å². The molecule has 1 saturated heterocycles. The molecule has 1 aliphatic rings. The molecule has 0 saturated carbocycles. The van der Waals surface area contributed by atoms with Gasteiger partial charge in [-0.2, -0.15) is 4.98 Å². The van der Waals surface area contributed by atoms with Crippen molar-refractivity contribution >= 4 is 56.9 Å². The molecule has 1 fully saturated rings. The zero-order valence-electron chi connectivity index (χ0n) is 23.2. The number of hydrogen-bond acceptors (Lipinski definition) is 7. The number of aryl methyl sites for hydroxylation is 1. The van der Waals surface area contributed by atoms with Crippen molar-refractivity contribution in [2.75, 3.05) is 30.8 Å². The normalized spacial score (nSPS) is 15.4. The number of likely N-dealkylation sites (tertiary alicyclic amines) is 1. The van der Waals surface area contributed by atoms with Crippen LogP contribution in [0, 0.1) is 6.92 Å². The molecule has 2 aromatic carbocycles. The van der Waals surface area contributed by atoms with E-state index in [0.29, 0.717) is 28.3 Å². The van der Waals surface area contributed by atoms with Crippen LogP contribution in [-0.4, -0.2) is 52.7 Å². The molecule has 212 valence electrons. The number of para-hydroxylation sites is 1. The van der Waals surface area contributed by atoms with Gasteiger partial charge in [0.15, 0.2) is 0 Å². The summed E-state index contributed by atoms with van der Waals surface area (Å²) >= 11 is 9.62. The Kier molecular flexibility index (Phi) is 9.20. The Balaban J connectivity index is 1.46. The Morgan fingerprint density at radius 3 is 2.65 bits per heavy atom. The SMILES string of the molecule is COc1nc(Nc2ccc(C3CCCN(C(=O)OC(C)(C)C)C3)c(C)c2)ncc1C(=O)Nc1c(Cl)cccc1Br. The largest absolute Gasteiger partial charge is 0.480 e. The molecule has 0 bridgehead atoms. The number of hydrogen-bond donors (Lipinski definition) is 2. The molecule has 11 heteroatoms. The van der Waals surface area contributed by atoms with E-state index in [1.54, 1.807) is 23.1 Å². The van der Waals surface area contributed by atoms with Crippen molar-refractivity contribution in [1.82, 2.24) is 14.9 Å². The first-order chi connectivity index (χ1) is 18.9. The number of halogens is 2. The summed E-state index contributed by atoms with van der Waals surface area (Å²) in [5, 5.41) is 6.36. The molecule has 1 unspecified atom stereocenters. The van der Waals surface area contributed by atoms with Crippen LogP contribution >= 0.6 is 27.5 Å². The van der Waals surface area contributed by atoms with E-state index in [-0.39, 0.29) is 29.4 Å². The van der Waals surface area contributed by atoms with Crippen LogP contribution in [-0.2, 0) is 4.74 Å². The van der Waals surface area contributed by atoms with Crippen LogP contribution in [0.25, 0.3) is 0 Å². The van der Waals surface area contributed by atoms with Gasteiger partial charge in [-0.3, -0.25) is 4.79 Å². The summed E-state index contributed by atoms with van der Waals surface area (Å²) in [6.07, 6.45) is 3.06. The van der Waals surface area contributed by atoms with E-state index in [1.165, 1.54) is 18.9 Å². The van der Waals surface area contributed by atoms with E-state index in [0.717, 1.165) is 24.1 Å². The lowest BCUT2D eigenvalue weighted by Crippen LogP contribution is -2.42. The van der Waals surface area contributed by atoms with Gasteiger partial charge in [-0.25, -0.2) is 9.78 Å². The van der Waals surface area contributed by atoms with Crippen LogP contribution in [0.3, 0.4) is 0 Å². The molecule has 0 spiro atoms. The molecule has 1 aromatic heterocycles. The van der Waals surface area contributed by atoms with Crippen LogP contribution in [0.4, 0.5) is 22.1 Å². The summed E-state index contributed by atoms with van der Waals surface area (Å²) in [5.41, 5.74) is 3.16. The average molecular weight is 631 g/mol. The number of aromatic nitrogens is 2. The maximum Gasteiger partial charge on any atom is 0.410 e. The van der Waals surface area contributed by atoms with E-state index in [4.69, 9.17) is 21.1 Å². The third kappa shape index (κ3) is 7.22. The third-order valence-electron chi connectivity index (χ3n) is 6.43. The highest BCUT2D eigenvalue weighted by atomic mass is 79.9. The molecule has 0 radical (unpaired) electrons. The minimum absolute atomic E-state index is 0.121. The van der Waals surface area contributed by atoms with Gasteiger partial charge in [0.2, 0.25) is 11.8 Å². The van der Waals surface area contributed by atoms with Crippen LogP contribution in [0.15, 0.2) is 47.1 Å². The van der Waals surface area contributed by atoms with Gasteiger partial charge in [-0.05, 0) is 91.9 Å². The van der Waals surface area contributed by atoms with Crippen LogP contribution in [0.1, 0.15) is 61.0 Å². The molecule has 2 amide bonds. The monoisotopic (exact) mass is 629 g/mol. The number of carbonyl (C=O) groups excluding carboxylic acids is 2. The minimum atomic E-state index is -0.521. The second-order valence-electron chi connectivity index (χ2n) is 10.6. The van der Waals surface area contributed by atoms with E-state index >= 15 is 0 Å². The van der Waals surface area contributed by atoms with Crippen LogP contribution in [0.5, 0.6) is 5.88 Å². The van der Waals surface area contributed by atoms with Crippen molar-refractivity contribution in [2.24, 2.45) is 0 Å². The molecule has 4 rings (SSSR count). The molecule has 40 heavy (non-hydrogen) atoms. The molecule has 3 aromatic rings. The van der Waals surface area contributed by atoms with Gasteiger partial charge in [0.05, 0.1) is 17.8 Å². The van der Waals surface area contributed by atoms with Crippen LogP contribution in [0.2, 0.25) is 5.02 Å². The fourth-order valence-corrected chi connectivity index (χ4v) is 5.40. The lowest BCUT2D eigenvalue weighted by molar-refractivity contribution is 0.0198. The van der Waals surface area contributed by atoms with E-state index in [2.05, 4.69) is 49.5 Å².